The number of morpholine rings is 1. The van der Waals surface area contributed by atoms with E-state index in [4.69, 9.17) is 4.74 Å². The van der Waals surface area contributed by atoms with E-state index in [0.29, 0.717) is 5.78 Å². The number of ketones is 1. The van der Waals surface area contributed by atoms with E-state index < -0.39 is 0 Å². The molecule has 116 valence electrons. The molecule has 1 saturated heterocycles. The third kappa shape index (κ3) is 3.60. The van der Waals surface area contributed by atoms with Crippen LogP contribution >= 0.6 is 0 Å². The van der Waals surface area contributed by atoms with E-state index in [0.717, 1.165) is 38.9 Å². The fraction of sp³-hybridized carbons (Fsp3) is 0.938. The molecule has 0 bridgehead atoms. The van der Waals surface area contributed by atoms with Crippen molar-refractivity contribution in [1.82, 2.24) is 4.90 Å². The normalized spacial score (nSPS) is 34.1. The van der Waals surface area contributed by atoms with Gasteiger partial charge in [0.2, 0.25) is 0 Å². The Bertz CT molecular complexity index is 365. The van der Waals surface area contributed by atoms with Gasteiger partial charge < -0.3 is 9.84 Å². The molecule has 2 unspecified atom stereocenters. The van der Waals surface area contributed by atoms with Gasteiger partial charge in [-0.3, -0.25) is 9.69 Å². The van der Waals surface area contributed by atoms with Crippen molar-refractivity contribution in [2.45, 2.75) is 58.7 Å². The van der Waals surface area contributed by atoms with Crippen molar-refractivity contribution in [3.63, 3.8) is 0 Å². The van der Waals surface area contributed by atoms with E-state index in [1.807, 2.05) is 0 Å². The number of aliphatic hydroxyl groups is 1. The number of carbonyl (C=O) groups excluding carboxylic acids is 1. The molecule has 0 amide bonds. The molecule has 1 aliphatic carbocycles. The lowest BCUT2D eigenvalue weighted by Gasteiger charge is -2.44. The number of ether oxygens (including phenoxy) is 1. The van der Waals surface area contributed by atoms with Crippen LogP contribution in [-0.4, -0.2) is 53.7 Å². The zero-order chi connectivity index (χ0) is 15.0. The maximum atomic E-state index is 12.5. The van der Waals surface area contributed by atoms with Gasteiger partial charge in [-0.2, -0.15) is 0 Å². The predicted molar refractivity (Wildman–Crippen MR) is 78.6 cm³/mol. The number of Topliss-reactive ketones (excluding diaryl/α,β-unsaturated/α-hetero) is 1. The summed E-state index contributed by atoms with van der Waals surface area (Å²) in [6, 6.07) is 0. The summed E-state index contributed by atoms with van der Waals surface area (Å²) in [6.45, 7) is 10.7. The topological polar surface area (TPSA) is 49.8 Å². The first-order valence-corrected chi connectivity index (χ1v) is 7.79. The lowest BCUT2D eigenvalue weighted by molar-refractivity contribution is -0.155. The molecule has 1 N–H and O–H groups in total. The van der Waals surface area contributed by atoms with E-state index in [1.165, 1.54) is 0 Å². The Hall–Kier alpha value is -0.450. The second-order valence-electron chi connectivity index (χ2n) is 7.71. The minimum absolute atomic E-state index is 0.0457. The Morgan fingerprint density at radius 3 is 2.70 bits per heavy atom. The number of hydrogen-bond donors (Lipinski definition) is 1. The largest absolute Gasteiger partial charge is 0.394 e. The standard InChI is InChI=1S/C16H29NO3/c1-15(2)7-5-6-12(14(15)19)8-17-9-13(10-18)20-16(3,4)11-17/h12-13,18H,5-11H2,1-4H3. The Morgan fingerprint density at radius 1 is 1.35 bits per heavy atom. The maximum Gasteiger partial charge on any atom is 0.142 e. The Morgan fingerprint density at radius 2 is 2.05 bits per heavy atom. The van der Waals surface area contributed by atoms with Crippen molar-refractivity contribution in [1.29, 1.82) is 0 Å². The van der Waals surface area contributed by atoms with E-state index in [-0.39, 0.29) is 29.6 Å². The monoisotopic (exact) mass is 283 g/mol. The molecule has 0 spiro atoms. The summed E-state index contributed by atoms with van der Waals surface area (Å²) in [6.07, 6.45) is 3.02. The van der Waals surface area contributed by atoms with Crippen molar-refractivity contribution >= 4 is 5.78 Å². The molecule has 1 saturated carbocycles. The third-order valence-corrected chi connectivity index (χ3v) is 4.63. The van der Waals surface area contributed by atoms with Gasteiger partial charge in [-0.1, -0.05) is 20.3 Å². The molecule has 2 atom stereocenters. The quantitative estimate of drug-likeness (QED) is 0.859. The van der Waals surface area contributed by atoms with Crippen LogP contribution in [0.25, 0.3) is 0 Å². The molecule has 0 aromatic carbocycles. The number of aliphatic hydroxyl groups excluding tert-OH is 1. The average Bonchev–Trinajstić information content (AvgIpc) is 2.33. The fourth-order valence-electron chi connectivity index (χ4n) is 3.73. The van der Waals surface area contributed by atoms with E-state index in [2.05, 4.69) is 32.6 Å². The van der Waals surface area contributed by atoms with Crippen LogP contribution in [0.3, 0.4) is 0 Å². The van der Waals surface area contributed by atoms with Crippen LogP contribution in [0.5, 0.6) is 0 Å². The Kier molecular flexibility index (Phi) is 4.57. The van der Waals surface area contributed by atoms with Crippen molar-refractivity contribution in [3.05, 3.63) is 0 Å². The van der Waals surface area contributed by atoms with Gasteiger partial charge in [0, 0.05) is 31.0 Å². The van der Waals surface area contributed by atoms with Gasteiger partial charge in [-0.05, 0) is 26.7 Å². The number of nitrogens with zero attached hydrogens (tertiary/aromatic N) is 1. The van der Waals surface area contributed by atoms with Crippen molar-refractivity contribution in [2.75, 3.05) is 26.2 Å². The number of carbonyl (C=O) groups is 1. The molecule has 0 radical (unpaired) electrons. The molecule has 0 aromatic heterocycles. The molecule has 2 aliphatic rings. The Labute approximate surface area is 122 Å². The van der Waals surface area contributed by atoms with Crippen LogP contribution in [0.4, 0.5) is 0 Å². The van der Waals surface area contributed by atoms with Crippen molar-refractivity contribution in [3.8, 4) is 0 Å². The van der Waals surface area contributed by atoms with Gasteiger partial charge >= 0.3 is 0 Å². The van der Waals surface area contributed by atoms with Gasteiger partial charge in [0.1, 0.15) is 5.78 Å². The van der Waals surface area contributed by atoms with Gasteiger partial charge in [-0.25, -0.2) is 0 Å². The van der Waals surface area contributed by atoms with E-state index in [9.17, 15) is 9.90 Å². The first-order chi connectivity index (χ1) is 9.23. The van der Waals surface area contributed by atoms with Gasteiger partial charge in [0.05, 0.1) is 18.3 Å². The molecular weight excluding hydrogens is 254 g/mol. The highest BCUT2D eigenvalue weighted by Crippen LogP contribution is 2.36. The minimum atomic E-state index is -0.251. The van der Waals surface area contributed by atoms with Gasteiger partial charge in [-0.15, -0.1) is 0 Å². The molecule has 2 fully saturated rings. The predicted octanol–water partition coefficient (Wildman–Crippen LogP) is 1.85. The molecular formula is C16H29NO3. The molecule has 4 nitrogen and oxygen atoms in total. The molecule has 0 aromatic rings. The Balaban J connectivity index is 2.00. The number of hydrogen-bond acceptors (Lipinski definition) is 4. The SMILES string of the molecule is CC1(C)CN(CC2CCCC(C)(C)C2=O)CC(CO)O1. The first kappa shape index (κ1) is 15.9. The number of rotatable bonds is 3. The highest BCUT2D eigenvalue weighted by Gasteiger charge is 2.40. The van der Waals surface area contributed by atoms with Crippen LogP contribution in [0.1, 0.15) is 47.0 Å². The van der Waals surface area contributed by atoms with Gasteiger partial charge in [0.15, 0.2) is 0 Å². The smallest absolute Gasteiger partial charge is 0.142 e. The summed E-state index contributed by atoms with van der Waals surface area (Å²) >= 11 is 0. The second-order valence-corrected chi connectivity index (χ2v) is 7.71. The van der Waals surface area contributed by atoms with Crippen molar-refractivity contribution in [2.24, 2.45) is 11.3 Å². The van der Waals surface area contributed by atoms with Gasteiger partial charge in [0.25, 0.3) is 0 Å². The zero-order valence-corrected chi connectivity index (χ0v) is 13.3. The van der Waals surface area contributed by atoms with E-state index >= 15 is 0 Å². The summed E-state index contributed by atoms with van der Waals surface area (Å²) in [5.74, 6) is 0.556. The van der Waals surface area contributed by atoms with Crippen molar-refractivity contribution < 1.29 is 14.6 Å². The summed E-state index contributed by atoms with van der Waals surface area (Å²) in [4.78, 5) is 14.8. The fourth-order valence-corrected chi connectivity index (χ4v) is 3.73. The molecule has 1 aliphatic heterocycles. The summed E-state index contributed by atoms with van der Waals surface area (Å²) in [7, 11) is 0. The van der Waals surface area contributed by atoms with Crippen LogP contribution < -0.4 is 0 Å². The van der Waals surface area contributed by atoms with E-state index in [1.54, 1.807) is 0 Å². The molecule has 20 heavy (non-hydrogen) atoms. The summed E-state index contributed by atoms with van der Waals surface area (Å²) in [5, 5.41) is 9.36. The summed E-state index contributed by atoms with van der Waals surface area (Å²) in [5.41, 5.74) is -0.417. The molecule has 2 rings (SSSR count). The first-order valence-electron chi connectivity index (χ1n) is 7.79. The average molecular weight is 283 g/mol. The third-order valence-electron chi connectivity index (χ3n) is 4.63. The minimum Gasteiger partial charge on any atom is -0.394 e. The highest BCUT2D eigenvalue weighted by atomic mass is 16.5. The summed E-state index contributed by atoms with van der Waals surface area (Å²) < 4.78 is 5.83. The van der Waals surface area contributed by atoms with Crippen LogP contribution in [-0.2, 0) is 9.53 Å². The van der Waals surface area contributed by atoms with Crippen LogP contribution in [0.15, 0.2) is 0 Å². The second kappa shape index (κ2) is 5.74. The lowest BCUT2D eigenvalue weighted by atomic mass is 9.71. The molecule has 4 heteroatoms. The maximum absolute atomic E-state index is 12.5. The molecule has 1 heterocycles. The lowest BCUT2D eigenvalue weighted by Crippen LogP contribution is -2.55. The zero-order valence-electron chi connectivity index (χ0n) is 13.3. The van der Waals surface area contributed by atoms with Crippen LogP contribution in [0.2, 0.25) is 0 Å². The highest BCUT2D eigenvalue weighted by molar-refractivity contribution is 5.87. The van der Waals surface area contributed by atoms with Crippen LogP contribution in [0, 0.1) is 11.3 Å².